The van der Waals surface area contributed by atoms with Crippen LogP contribution in [0, 0.1) is 12.8 Å². The Morgan fingerprint density at radius 1 is 1.21 bits per heavy atom. The van der Waals surface area contributed by atoms with E-state index in [0.717, 1.165) is 16.5 Å². The van der Waals surface area contributed by atoms with Crippen molar-refractivity contribution in [2.45, 2.75) is 33.7 Å². The van der Waals surface area contributed by atoms with Crippen LogP contribution in [0.3, 0.4) is 0 Å². The second-order valence-electron chi connectivity index (χ2n) is 5.35. The van der Waals surface area contributed by atoms with Crippen molar-refractivity contribution in [1.82, 2.24) is 10.3 Å². The van der Waals surface area contributed by atoms with Gasteiger partial charge in [-0.2, -0.15) is 0 Å². The number of aryl methyl sites for hydroxylation is 1. The number of hydrogen-bond acceptors (Lipinski definition) is 2. The number of nitrogens with zero attached hydrogens (tertiary/aromatic N) is 1. The number of carbonyl (C=O) groups excluding carboxylic acids is 1. The van der Waals surface area contributed by atoms with Crippen LogP contribution in [0.15, 0.2) is 30.3 Å². The highest BCUT2D eigenvalue weighted by atomic mass is 16.1. The average Bonchev–Trinajstić information content (AvgIpc) is 2.37. The van der Waals surface area contributed by atoms with Gasteiger partial charge in [0, 0.05) is 11.4 Å². The molecule has 1 aromatic heterocycles. The van der Waals surface area contributed by atoms with Gasteiger partial charge in [-0.15, -0.1) is 0 Å². The molecule has 2 aromatic rings. The lowest BCUT2D eigenvalue weighted by molar-refractivity contribution is 0.0925. The highest BCUT2D eigenvalue weighted by Gasteiger charge is 2.16. The van der Waals surface area contributed by atoms with Gasteiger partial charge >= 0.3 is 0 Å². The molecular weight excluding hydrogens is 236 g/mol. The number of carbonyl (C=O) groups is 1. The highest BCUT2D eigenvalue weighted by molar-refractivity contribution is 5.96. The zero-order chi connectivity index (χ0) is 14.0. The molecule has 2 rings (SSSR count). The standard InChI is InChI=1S/C16H20N2O/c1-10(2)12(4)17-16(19)15-11(3)9-13-7-5-6-8-14(13)18-15/h5-10,12H,1-4H3,(H,17,19). The maximum atomic E-state index is 12.3. The van der Waals surface area contributed by atoms with Gasteiger partial charge in [0.25, 0.3) is 5.91 Å². The predicted octanol–water partition coefficient (Wildman–Crippen LogP) is 3.32. The van der Waals surface area contributed by atoms with E-state index in [1.54, 1.807) is 0 Å². The average molecular weight is 256 g/mol. The molecule has 100 valence electrons. The van der Waals surface area contributed by atoms with Crippen molar-refractivity contribution in [3.63, 3.8) is 0 Å². The number of rotatable bonds is 3. The Balaban J connectivity index is 2.34. The predicted molar refractivity (Wildman–Crippen MR) is 78.2 cm³/mol. The fourth-order valence-electron chi connectivity index (χ4n) is 1.89. The third kappa shape index (κ3) is 2.92. The second kappa shape index (κ2) is 5.39. The molecule has 0 aliphatic carbocycles. The van der Waals surface area contributed by atoms with Crippen LogP contribution in [0.5, 0.6) is 0 Å². The van der Waals surface area contributed by atoms with Crippen molar-refractivity contribution in [2.75, 3.05) is 0 Å². The summed E-state index contributed by atoms with van der Waals surface area (Å²) in [6.07, 6.45) is 0. The first kappa shape index (κ1) is 13.5. The largest absolute Gasteiger partial charge is 0.348 e. The van der Waals surface area contributed by atoms with Gasteiger partial charge in [-0.25, -0.2) is 4.98 Å². The third-order valence-corrected chi connectivity index (χ3v) is 3.49. The Hall–Kier alpha value is -1.90. The van der Waals surface area contributed by atoms with Crippen molar-refractivity contribution < 1.29 is 4.79 Å². The lowest BCUT2D eigenvalue weighted by Crippen LogP contribution is -2.36. The number of hydrogen-bond donors (Lipinski definition) is 1. The molecule has 0 bridgehead atoms. The summed E-state index contributed by atoms with van der Waals surface area (Å²) < 4.78 is 0. The summed E-state index contributed by atoms with van der Waals surface area (Å²) in [5.41, 5.74) is 2.29. The smallest absolute Gasteiger partial charge is 0.270 e. The minimum absolute atomic E-state index is 0.0931. The monoisotopic (exact) mass is 256 g/mol. The normalized spacial score (nSPS) is 12.7. The van der Waals surface area contributed by atoms with Gasteiger partial charge in [0.2, 0.25) is 0 Å². The van der Waals surface area contributed by atoms with E-state index in [0.29, 0.717) is 11.6 Å². The first-order chi connectivity index (χ1) is 8.99. The molecule has 0 aliphatic rings. The molecule has 3 nitrogen and oxygen atoms in total. The van der Waals surface area contributed by atoms with Gasteiger partial charge in [0.15, 0.2) is 0 Å². The summed E-state index contributed by atoms with van der Waals surface area (Å²) in [5, 5.41) is 4.06. The summed E-state index contributed by atoms with van der Waals surface area (Å²) in [5.74, 6) is 0.314. The molecule has 1 aromatic carbocycles. The van der Waals surface area contributed by atoms with E-state index < -0.39 is 0 Å². The Labute approximate surface area is 114 Å². The van der Waals surface area contributed by atoms with Crippen molar-refractivity contribution in [3.8, 4) is 0 Å². The summed E-state index contributed by atoms with van der Waals surface area (Å²) in [4.78, 5) is 16.7. The molecule has 0 aliphatic heterocycles. The summed E-state index contributed by atoms with van der Waals surface area (Å²) in [7, 11) is 0. The van der Waals surface area contributed by atoms with Crippen molar-refractivity contribution >= 4 is 16.8 Å². The van der Waals surface area contributed by atoms with E-state index >= 15 is 0 Å². The zero-order valence-corrected chi connectivity index (χ0v) is 11.9. The van der Waals surface area contributed by atoms with E-state index in [2.05, 4.69) is 24.1 Å². The number of benzene rings is 1. The first-order valence-electron chi connectivity index (χ1n) is 6.66. The summed E-state index contributed by atoms with van der Waals surface area (Å²) >= 11 is 0. The highest BCUT2D eigenvalue weighted by Crippen LogP contribution is 2.16. The van der Waals surface area contributed by atoms with Gasteiger partial charge in [0.05, 0.1) is 5.52 Å². The van der Waals surface area contributed by atoms with Crippen LogP contribution in [-0.4, -0.2) is 16.9 Å². The lowest BCUT2D eigenvalue weighted by Gasteiger charge is -2.17. The molecule has 0 fully saturated rings. The van der Waals surface area contributed by atoms with Crippen LogP contribution in [0.1, 0.15) is 36.8 Å². The molecule has 3 heteroatoms. The van der Waals surface area contributed by atoms with Crippen molar-refractivity contribution in [1.29, 1.82) is 0 Å². The molecule has 0 spiro atoms. The fourth-order valence-corrected chi connectivity index (χ4v) is 1.89. The lowest BCUT2D eigenvalue weighted by atomic mass is 10.1. The minimum Gasteiger partial charge on any atom is -0.348 e. The molecule has 1 amide bonds. The second-order valence-corrected chi connectivity index (χ2v) is 5.35. The molecule has 0 radical (unpaired) electrons. The van der Waals surface area contributed by atoms with Crippen LogP contribution in [0.4, 0.5) is 0 Å². The van der Waals surface area contributed by atoms with E-state index in [1.165, 1.54) is 0 Å². The number of amides is 1. The van der Waals surface area contributed by atoms with E-state index in [9.17, 15) is 4.79 Å². The van der Waals surface area contributed by atoms with E-state index in [-0.39, 0.29) is 11.9 Å². The van der Waals surface area contributed by atoms with Gasteiger partial charge in [-0.05, 0) is 37.5 Å². The van der Waals surface area contributed by atoms with Gasteiger partial charge in [-0.3, -0.25) is 4.79 Å². The number of aromatic nitrogens is 1. The van der Waals surface area contributed by atoms with Gasteiger partial charge in [-0.1, -0.05) is 32.0 Å². The van der Waals surface area contributed by atoms with Crippen LogP contribution in [0.2, 0.25) is 0 Å². The number of nitrogens with one attached hydrogen (secondary N) is 1. The van der Waals surface area contributed by atoms with Crippen LogP contribution in [0.25, 0.3) is 10.9 Å². The van der Waals surface area contributed by atoms with Crippen LogP contribution >= 0.6 is 0 Å². The maximum absolute atomic E-state index is 12.3. The Morgan fingerprint density at radius 3 is 2.58 bits per heavy atom. The van der Waals surface area contributed by atoms with Crippen molar-refractivity contribution in [2.24, 2.45) is 5.92 Å². The first-order valence-corrected chi connectivity index (χ1v) is 6.66. The molecule has 0 saturated carbocycles. The summed E-state index contributed by atoms with van der Waals surface area (Å²) in [6.45, 7) is 8.12. The SMILES string of the molecule is Cc1cc2ccccc2nc1C(=O)NC(C)C(C)C. The number of fused-ring (bicyclic) bond motifs is 1. The molecular formula is C16H20N2O. The Morgan fingerprint density at radius 2 is 1.89 bits per heavy atom. The van der Waals surface area contributed by atoms with E-state index in [1.807, 2.05) is 44.2 Å². The molecule has 1 heterocycles. The number of pyridine rings is 1. The topological polar surface area (TPSA) is 42.0 Å². The third-order valence-electron chi connectivity index (χ3n) is 3.49. The zero-order valence-electron chi connectivity index (χ0n) is 11.9. The van der Waals surface area contributed by atoms with Gasteiger partial charge in [0.1, 0.15) is 5.69 Å². The quantitative estimate of drug-likeness (QED) is 0.915. The Kier molecular flexibility index (Phi) is 3.84. The minimum atomic E-state index is -0.0931. The fraction of sp³-hybridized carbons (Fsp3) is 0.375. The molecule has 1 atom stereocenters. The maximum Gasteiger partial charge on any atom is 0.270 e. The molecule has 19 heavy (non-hydrogen) atoms. The molecule has 1 unspecified atom stereocenters. The van der Waals surface area contributed by atoms with Crippen molar-refractivity contribution in [3.05, 3.63) is 41.6 Å². The van der Waals surface area contributed by atoms with Crippen LogP contribution in [-0.2, 0) is 0 Å². The van der Waals surface area contributed by atoms with E-state index in [4.69, 9.17) is 0 Å². The summed E-state index contributed by atoms with van der Waals surface area (Å²) in [6, 6.07) is 10.00. The Bertz CT molecular complexity index is 605. The van der Waals surface area contributed by atoms with Gasteiger partial charge < -0.3 is 5.32 Å². The van der Waals surface area contributed by atoms with Crippen LogP contribution < -0.4 is 5.32 Å². The number of para-hydroxylation sites is 1. The molecule has 0 saturated heterocycles. The molecule has 1 N–H and O–H groups in total.